The Morgan fingerprint density at radius 3 is 2.82 bits per heavy atom. The molecule has 0 radical (unpaired) electrons. The first kappa shape index (κ1) is 11.9. The topological polar surface area (TPSA) is 42.4 Å². The Kier molecular flexibility index (Phi) is 3.61. The molecule has 1 aromatic heterocycles. The first-order chi connectivity index (χ1) is 8.19. The molecule has 4 heteroatoms. The lowest BCUT2D eigenvalue weighted by atomic mass is 10.2. The van der Waals surface area contributed by atoms with Crippen molar-refractivity contribution in [2.75, 3.05) is 0 Å². The van der Waals surface area contributed by atoms with E-state index >= 15 is 0 Å². The predicted octanol–water partition coefficient (Wildman–Crippen LogP) is 3.33. The molecular weight excluding hydrogens is 238 g/mol. The Bertz CT molecular complexity index is 529. The molecule has 88 valence electrons. The number of aliphatic hydroxyl groups excluding tert-OH is 1. The highest BCUT2D eigenvalue weighted by atomic mass is 35.5. The summed E-state index contributed by atoms with van der Waals surface area (Å²) >= 11 is 6.05. The van der Waals surface area contributed by atoms with E-state index in [1.165, 1.54) is 0 Å². The van der Waals surface area contributed by atoms with Crippen LogP contribution >= 0.6 is 11.6 Å². The van der Waals surface area contributed by atoms with Crippen molar-refractivity contribution in [1.29, 1.82) is 0 Å². The van der Waals surface area contributed by atoms with E-state index in [0.29, 0.717) is 22.3 Å². The zero-order valence-corrected chi connectivity index (χ0v) is 10.1. The molecule has 0 aliphatic heterocycles. The standard InChI is InChI=1S/C13H12ClNO2/c1-9-5-6-12(11(14)7-9)17-13-4-2-3-10(8-16)15-13/h2-7,16H,8H2,1H3. The van der Waals surface area contributed by atoms with Crippen molar-refractivity contribution >= 4 is 11.6 Å². The summed E-state index contributed by atoms with van der Waals surface area (Å²) in [6.45, 7) is 1.85. The van der Waals surface area contributed by atoms with Crippen LogP contribution in [0.2, 0.25) is 5.02 Å². The van der Waals surface area contributed by atoms with Gasteiger partial charge in [-0.15, -0.1) is 0 Å². The Morgan fingerprint density at radius 1 is 1.29 bits per heavy atom. The van der Waals surface area contributed by atoms with E-state index in [2.05, 4.69) is 4.98 Å². The van der Waals surface area contributed by atoms with Crippen molar-refractivity contribution in [1.82, 2.24) is 4.98 Å². The molecule has 0 aliphatic carbocycles. The Hall–Kier alpha value is -1.58. The van der Waals surface area contributed by atoms with Crippen LogP contribution in [0.4, 0.5) is 0 Å². The normalized spacial score (nSPS) is 10.3. The van der Waals surface area contributed by atoms with Crippen LogP contribution in [0.5, 0.6) is 11.6 Å². The Balaban J connectivity index is 2.25. The van der Waals surface area contributed by atoms with E-state index < -0.39 is 0 Å². The van der Waals surface area contributed by atoms with Gasteiger partial charge < -0.3 is 9.84 Å². The number of aromatic nitrogens is 1. The molecule has 3 nitrogen and oxygen atoms in total. The van der Waals surface area contributed by atoms with Crippen LogP contribution in [-0.4, -0.2) is 10.1 Å². The lowest BCUT2D eigenvalue weighted by Crippen LogP contribution is -1.93. The predicted molar refractivity (Wildman–Crippen MR) is 66.4 cm³/mol. The van der Waals surface area contributed by atoms with E-state index in [1.807, 2.05) is 19.1 Å². The van der Waals surface area contributed by atoms with Gasteiger partial charge in [0.2, 0.25) is 5.88 Å². The minimum atomic E-state index is -0.112. The molecule has 1 N–H and O–H groups in total. The van der Waals surface area contributed by atoms with E-state index in [4.69, 9.17) is 21.4 Å². The maximum Gasteiger partial charge on any atom is 0.219 e. The molecule has 0 aliphatic rings. The number of aryl methyl sites for hydroxylation is 1. The molecule has 1 heterocycles. The fraction of sp³-hybridized carbons (Fsp3) is 0.154. The van der Waals surface area contributed by atoms with Gasteiger partial charge in [-0.25, -0.2) is 4.98 Å². The Labute approximate surface area is 105 Å². The number of rotatable bonds is 3. The summed E-state index contributed by atoms with van der Waals surface area (Å²) in [5, 5.41) is 9.52. The molecule has 17 heavy (non-hydrogen) atoms. The maximum atomic E-state index is 8.97. The lowest BCUT2D eigenvalue weighted by Gasteiger charge is -2.07. The van der Waals surface area contributed by atoms with Crippen LogP contribution in [0.3, 0.4) is 0 Å². The number of pyridine rings is 1. The Morgan fingerprint density at radius 2 is 2.12 bits per heavy atom. The average molecular weight is 250 g/mol. The van der Waals surface area contributed by atoms with Gasteiger partial charge in [0.05, 0.1) is 17.3 Å². The SMILES string of the molecule is Cc1ccc(Oc2cccc(CO)n2)c(Cl)c1. The second kappa shape index (κ2) is 5.17. The van der Waals surface area contributed by atoms with Gasteiger partial charge >= 0.3 is 0 Å². The molecule has 0 unspecified atom stereocenters. The third-order valence-electron chi connectivity index (χ3n) is 2.25. The van der Waals surface area contributed by atoms with Gasteiger partial charge in [-0.05, 0) is 30.7 Å². The minimum absolute atomic E-state index is 0.112. The zero-order chi connectivity index (χ0) is 12.3. The zero-order valence-electron chi connectivity index (χ0n) is 9.35. The molecule has 0 atom stereocenters. The lowest BCUT2D eigenvalue weighted by molar-refractivity contribution is 0.275. The molecule has 0 saturated heterocycles. The minimum Gasteiger partial charge on any atom is -0.437 e. The van der Waals surface area contributed by atoms with Crippen molar-refractivity contribution in [2.24, 2.45) is 0 Å². The fourth-order valence-corrected chi connectivity index (χ4v) is 1.68. The van der Waals surface area contributed by atoms with Gasteiger partial charge in [-0.3, -0.25) is 0 Å². The number of hydrogen-bond donors (Lipinski definition) is 1. The van der Waals surface area contributed by atoms with Crippen LogP contribution < -0.4 is 4.74 Å². The van der Waals surface area contributed by atoms with Crippen molar-refractivity contribution in [2.45, 2.75) is 13.5 Å². The van der Waals surface area contributed by atoms with Gasteiger partial charge in [0, 0.05) is 6.07 Å². The van der Waals surface area contributed by atoms with Crippen molar-refractivity contribution in [3.05, 3.63) is 52.7 Å². The van der Waals surface area contributed by atoms with Crippen LogP contribution in [-0.2, 0) is 6.61 Å². The van der Waals surface area contributed by atoms with Crippen LogP contribution in [0.15, 0.2) is 36.4 Å². The number of nitrogens with zero attached hydrogens (tertiary/aromatic N) is 1. The summed E-state index contributed by atoms with van der Waals surface area (Å²) in [6.07, 6.45) is 0. The smallest absolute Gasteiger partial charge is 0.219 e. The average Bonchev–Trinajstić information content (AvgIpc) is 2.33. The quantitative estimate of drug-likeness (QED) is 0.907. The third kappa shape index (κ3) is 2.96. The fourth-order valence-electron chi connectivity index (χ4n) is 1.40. The maximum absolute atomic E-state index is 8.97. The van der Waals surface area contributed by atoms with E-state index in [1.54, 1.807) is 24.3 Å². The first-order valence-corrected chi connectivity index (χ1v) is 5.57. The molecule has 0 saturated carbocycles. The van der Waals surface area contributed by atoms with Gasteiger partial charge in [-0.1, -0.05) is 23.7 Å². The second-order valence-electron chi connectivity index (χ2n) is 3.66. The largest absolute Gasteiger partial charge is 0.437 e. The molecule has 1 aromatic carbocycles. The summed E-state index contributed by atoms with van der Waals surface area (Å²) in [7, 11) is 0. The molecule has 2 rings (SSSR count). The number of aliphatic hydroxyl groups is 1. The molecule has 2 aromatic rings. The number of halogens is 1. The van der Waals surface area contributed by atoms with Crippen LogP contribution in [0.1, 0.15) is 11.3 Å². The number of ether oxygens (including phenoxy) is 1. The molecule has 0 fully saturated rings. The summed E-state index contributed by atoms with van der Waals surface area (Å²) in [4.78, 5) is 4.12. The highest BCUT2D eigenvalue weighted by Gasteiger charge is 2.04. The van der Waals surface area contributed by atoms with Gasteiger partial charge in [0.15, 0.2) is 0 Å². The first-order valence-electron chi connectivity index (χ1n) is 5.20. The van der Waals surface area contributed by atoms with E-state index in [0.717, 1.165) is 5.56 Å². The monoisotopic (exact) mass is 249 g/mol. The van der Waals surface area contributed by atoms with Gasteiger partial charge in [-0.2, -0.15) is 0 Å². The highest BCUT2D eigenvalue weighted by molar-refractivity contribution is 6.32. The molecular formula is C13H12ClNO2. The van der Waals surface area contributed by atoms with Crippen molar-refractivity contribution < 1.29 is 9.84 Å². The van der Waals surface area contributed by atoms with Crippen LogP contribution in [0.25, 0.3) is 0 Å². The van der Waals surface area contributed by atoms with Gasteiger partial charge in [0.1, 0.15) is 5.75 Å². The summed E-state index contributed by atoms with van der Waals surface area (Å²) in [5.41, 5.74) is 1.63. The summed E-state index contributed by atoms with van der Waals surface area (Å²) in [6, 6.07) is 10.8. The summed E-state index contributed by atoms with van der Waals surface area (Å²) in [5.74, 6) is 0.974. The van der Waals surface area contributed by atoms with E-state index in [9.17, 15) is 0 Å². The molecule has 0 amide bonds. The molecule has 0 bridgehead atoms. The number of hydrogen-bond acceptors (Lipinski definition) is 3. The number of benzene rings is 1. The van der Waals surface area contributed by atoms with Crippen molar-refractivity contribution in [3.8, 4) is 11.6 Å². The second-order valence-corrected chi connectivity index (χ2v) is 4.07. The van der Waals surface area contributed by atoms with E-state index in [-0.39, 0.29) is 6.61 Å². The summed E-state index contributed by atoms with van der Waals surface area (Å²) < 4.78 is 5.55. The third-order valence-corrected chi connectivity index (χ3v) is 2.54. The van der Waals surface area contributed by atoms with Crippen LogP contribution in [0, 0.1) is 6.92 Å². The molecule has 0 spiro atoms. The van der Waals surface area contributed by atoms with Gasteiger partial charge in [0.25, 0.3) is 0 Å². The van der Waals surface area contributed by atoms with Crippen molar-refractivity contribution in [3.63, 3.8) is 0 Å². The highest BCUT2D eigenvalue weighted by Crippen LogP contribution is 2.29.